The zero-order valence-electron chi connectivity index (χ0n) is 12.1. The lowest BCUT2D eigenvalue weighted by Gasteiger charge is -2.36. The smallest absolute Gasteiger partial charge is 0.0142 e. The van der Waals surface area contributed by atoms with Crippen molar-refractivity contribution in [2.75, 3.05) is 0 Å². The molecule has 0 unspecified atom stereocenters. The molecule has 90 valence electrons. The highest BCUT2D eigenvalue weighted by Crippen LogP contribution is 2.41. The van der Waals surface area contributed by atoms with Gasteiger partial charge in [0.05, 0.1) is 0 Å². The lowest BCUT2D eigenvalue weighted by molar-refractivity contribution is 0.268. The largest absolute Gasteiger partial charge is 0.0996 e. The standard InChI is InChI=1S/C13H24.C2H6/c1-10(2)12(5,6)9-13(7,8)11(3)4;1-2/h1,3,9H2,2,4-8H3;1-2H3. The molecule has 0 radical (unpaired) electrons. The molecule has 0 aliphatic carbocycles. The van der Waals surface area contributed by atoms with E-state index >= 15 is 0 Å². The van der Waals surface area contributed by atoms with Crippen molar-refractivity contribution in [1.82, 2.24) is 0 Å². The van der Waals surface area contributed by atoms with Crippen LogP contribution in [0.3, 0.4) is 0 Å². The summed E-state index contributed by atoms with van der Waals surface area (Å²) in [5.74, 6) is 0. The van der Waals surface area contributed by atoms with E-state index in [9.17, 15) is 0 Å². The van der Waals surface area contributed by atoms with Crippen molar-refractivity contribution in [3.05, 3.63) is 24.3 Å². The van der Waals surface area contributed by atoms with Gasteiger partial charge in [0, 0.05) is 0 Å². The molecule has 0 amide bonds. The Labute approximate surface area is 97.5 Å². The minimum absolute atomic E-state index is 0.211. The molecule has 0 bridgehead atoms. The minimum Gasteiger partial charge on any atom is -0.0996 e. The molecular weight excluding hydrogens is 180 g/mol. The molecule has 0 spiro atoms. The van der Waals surface area contributed by atoms with Gasteiger partial charge >= 0.3 is 0 Å². The lowest BCUT2D eigenvalue weighted by atomic mass is 9.69. The molecule has 0 saturated carbocycles. The van der Waals surface area contributed by atoms with E-state index in [1.807, 2.05) is 13.8 Å². The molecule has 0 fully saturated rings. The fourth-order valence-corrected chi connectivity index (χ4v) is 1.41. The Morgan fingerprint density at radius 1 is 0.800 bits per heavy atom. The van der Waals surface area contributed by atoms with E-state index in [1.165, 1.54) is 11.1 Å². The SMILES string of the molecule is C=C(C)C(C)(C)CC(C)(C)C(=C)C.CC. The number of hydrogen-bond donors (Lipinski definition) is 0. The van der Waals surface area contributed by atoms with Crippen LogP contribution in [0.25, 0.3) is 0 Å². The third-order valence-corrected chi connectivity index (χ3v) is 3.19. The van der Waals surface area contributed by atoms with E-state index in [2.05, 4.69) is 54.7 Å². The van der Waals surface area contributed by atoms with Crippen molar-refractivity contribution >= 4 is 0 Å². The van der Waals surface area contributed by atoms with Crippen molar-refractivity contribution < 1.29 is 0 Å². The van der Waals surface area contributed by atoms with Crippen LogP contribution in [0.15, 0.2) is 24.3 Å². The molecule has 0 aromatic heterocycles. The van der Waals surface area contributed by atoms with Crippen LogP contribution in [-0.4, -0.2) is 0 Å². The van der Waals surface area contributed by atoms with Crippen LogP contribution in [0.2, 0.25) is 0 Å². The van der Waals surface area contributed by atoms with Gasteiger partial charge in [-0.05, 0) is 31.1 Å². The van der Waals surface area contributed by atoms with E-state index in [-0.39, 0.29) is 10.8 Å². The Bertz CT molecular complexity index is 192. The maximum Gasteiger partial charge on any atom is -0.0142 e. The van der Waals surface area contributed by atoms with E-state index < -0.39 is 0 Å². The summed E-state index contributed by atoms with van der Waals surface area (Å²) in [6.45, 7) is 25.3. The summed E-state index contributed by atoms with van der Waals surface area (Å²) in [6, 6.07) is 0. The molecule has 0 aliphatic heterocycles. The van der Waals surface area contributed by atoms with Crippen LogP contribution in [0.4, 0.5) is 0 Å². The summed E-state index contributed by atoms with van der Waals surface area (Å²) >= 11 is 0. The Morgan fingerprint density at radius 2 is 1.00 bits per heavy atom. The minimum atomic E-state index is 0.211. The highest BCUT2D eigenvalue weighted by Gasteiger charge is 2.29. The molecule has 0 aromatic carbocycles. The van der Waals surface area contributed by atoms with Gasteiger partial charge in [-0.2, -0.15) is 0 Å². The third kappa shape index (κ3) is 5.81. The molecule has 0 aliphatic rings. The summed E-state index contributed by atoms with van der Waals surface area (Å²) in [6.07, 6.45) is 1.12. The van der Waals surface area contributed by atoms with Crippen molar-refractivity contribution in [2.45, 2.75) is 61.8 Å². The molecule has 0 aromatic rings. The molecular formula is C15H30. The Hall–Kier alpha value is -0.520. The number of rotatable bonds is 4. The van der Waals surface area contributed by atoms with E-state index in [1.54, 1.807) is 0 Å². The first kappa shape index (κ1) is 16.9. The topological polar surface area (TPSA) is 0 Å². The van der Waals surface area contributed by atoms with E-state index in [0.717, 1.165) is 6.42 Å². The number of hydrogen-bond acceptors (Lipinski definition) is 0. The van der Waals surface area contributed by atoms with Gasteiger partial charge in [-0.15, -0.1) is 0 Å². The van der Waals surface area contributed by atoms with Crippen LogP contribution >= 0.6 is 0 Å². The monoisotopic (exact) mass is 210 g/mol. The average Bonchev–Trinajstić information content (AvgIpc) is 2.05. The maximum atomic E-state index is 4.04. The summed E-state index contributed by atoms with van der Waals surface area (Å²) < 4.78 is 0. The fourth-order valence-electron chi connectivity index (χ4n) is 1.41. The van der Waals surface area contributed by atoms with Gasteiger partial charge < -0.3 is 0 Å². The summed E-state index contributed by atoms with van der Waals surface area (Å²) in [4.78, 5) is 0. The maximum absolute atomic E-state index is 4.04. The number of allylic oxidation sites excluding steroid dienone is 2. The highest BCUT2D eigenvalue weighted by molar-refractivity contribution is 5.11. The first-order valence-corrected chi connectivity index (χ1v) is 5.91. The second kappa shape index (κ2) is 6.15. The Kier molecular flexibility index (Phi) is 6.92. The van der Waals surface area contributed by atoms with Gasteiger partial charge in [0.1, 0.15) is 0 Å². The van der Waals surface area contributed by atoms with Crippen molar-refractivity contribution in [3.63, 3.8) is 0 Å². The van der Waals surface area contributed by atoms with Crippen LogP contribution in [0.1, 0.15) is 61.8 Å². The predicted molar refractivity (Wildman–Crippen MR) is 73.2 cm³/mol. The summed E-state index contributed by atoms with van der Waals surface area (Å²) in [5, 5.41) is 0. The highest BCUT2D eigenvalue weighted by atomic mass is 14.3. The van der Waals surface area contributed by atoms with Crippen LogP contribution in [0.5, 0.6) is 0 Å². The second-order valence-electron chi connectivity index (χ2n) is 5.51. The van der Waals surface area contributed by atoms with Gasteiger partial charge in [-0.3, -0.25) is 0 Å². The van der Waals surface area contributed by atoms with Gasteiger partial charge in [-0.1, -0.05) is 65.8 Å². The van der Waals surface area contributed by atoms with Gasteiger partial charge in [-0.25, -0.2) is 0 Å². The first-order valence-electron chi connectivity index (χ1n) is 5.91. The van der Waals surface area contributed by atoms with Gasteiger partial charge in [0.15, 0.2) is 0 Å². The molecule has 0 rings (SSSR count). The Morgan fingerprint density at radius 3 is 1.13 bits per heavy atom. The summed E-state index contributed by atoms with van der Waals surface area (Å²) in [5.41, 5.74) is 2.92. The van der Waals surface area contributed by atoms with Crippen molar-refractivity contribution in [3.8, 4) is 0 Å². The lowest BCUT2D eigenvalue weighted by Crippen LogP contribution is -2.24. The average molecular weight is 210 g/mol. The Balaban J connectivity index is 0. The molecule has 0 saturated heterocycles. The van der Waals surface area contributed by atoms with Crippen LogP contribution in [-0.2, 0) is 0 Å². The van der Waals surface area contributed by atoms with Gasteiger partial charge in [0.2, 0.25) is 0 Å². The molecule has 0 heterocycles. The third-order valence-electron chi connectivity index (χ3n) is 3.19. The molecule has 0 heteroatoms. The predicted octanol–water partition coefficient (Wildman–Crippen LogP) is 5.61. The zero-order chi connectivity index (χ0) is 12.9. The summed E-state index contributed by atoms with van der Waals surface area (Å²) in [7, 11) is 0. The van der Waals surface area contributed by atoms with Crippen LogP contribution < -0.4 is 0 Å². The van der Waals surface area contributed by atoms with Crippen molar-refractivity contribution in [2.24, 2.45) is 10.8 Å². The van der Waals surface area contributed by atoms with E-state index in [4.69, 9.17) is 0 Å². The van der Waals surface area contributed by atoms with Crippen molar-refractivity contribution in [1.29, 1.82) is 0 Å². The molecule has 0 nitrogen and oxygen atoms in total. The molecule has 0 N–H and O–H groups in total. The first-order chi connectivity index (χ1) is 6.59. The van der Waals surface area contributed by atoms with Crippen LogP contribution in [0, 0.1) is 10.8 Å². The normalized spacial score (nSPS) is 11.5. The molecule has 15 heavy (non-hydrogen) atoms. The molecule has 0 atom stereocenters. The fraction of sp³-hybridized carbons (Fsp3) is 0.733. The van der Waals surface area contributed by atoms with E-state index in [0.29, 0.717) is 0 Å². The zero-order valence-corrected chi connectivity index (χ0v) is 12.1. The second-order valence-corrected chi connectivity index (χ2v) is 5.51. The quantitative estimate of drug-likeness (QED) is 0.529. The van der Waals surface area contributed by atoms with Gasteiger partial charge in [0.25, 0.3) is 0 Å².